The predicted octanol–water partition coefficient (Wildman–Crippen LogP) is 0.435. The van der Waals surface area contributed by atoms with Gasteiger partial charge in [-0.15, -0.1) is 0 Å². The second kappa shape index (κ2) is 2.73. The molecule has 0 amide bonds. The van der Waals surface area contributed by atoms with Gasteiger partial charge < -0.3 is 14.2 Å². The van der Waals surface area contributed by atoms with E-state index < -0.39 is 0 Å². The summed E-state index contributed by atoms with van der Waals surface area (Å²) in [7, 11) is 1.71. The number of rotatable bonds is 1. The average Bonchev–Trinajstić information content (AvgIpc) is 2.53. The zero-order valence-electron chi connectivity index (χ0n) is 6.95. The molecule has 2 fully saturated rings. The SMILES string of the molecule is CO[C@@H]1CO[C@H]2[C@@H]1OC[C@H]2C. The summed E-state index contributed by atoms with van der Waals surface area (Å²) in [6.45, 7) is 3.66. The van der Waals surface area contributed by atoms with Crippen LogP contribution >= 0.6 is 0 Å². The van der Waals surface area contributed by atoms with Crippen LogP contribution in [0.25, 0.3) is 0 Å². The molecule has 2 aliphatic rings. The smallest absolute Gasteiger partial charge is 0.112 e. The largest absolute Gasteiger partial charge is 0.376 e. The molecule has 0 aliphatic carbocycles. The van der Waals surface area contributed by atoms with Crippen molar-refractivity contribution in [1.82, 2.24) is 0 Å². The molecule has 2 heterocycles. The Morgan fingerprint density at radius 2 is 1.91 bits per heavy atom. The molecule has 0 N–H and O–H groups in total. The van der Waals surface area contributed by atoms with Crippen LogP contribution in [0.2, 0.25) is 0 Å². The molecule has 0 aromatic heterocycles. The van der Waals surface area contributed by atoms with Crippen molar-refractivity contribution in [3.63, 3.8) is 0 Å². The van der Waals surface area contributed by atoms with Crippen molar-refractivity contribution < 1.29 is 14.2 Å². The second-order valence-corrected chi connectivity index (χ2v) is 3.35. The lowest BCUT2D eigenvalue weighted by atomic mass is 10.0. The number of methoxy groups -OCH3 is 1. The molecule has 0 radical (unpaired) electrons. The van der Waals surface area contributed by atoms with E-state index in [-0.39, 0.29) is 18.3 Å². The number of hydrogen-bond donors (Lipinski definition) is 0. The molecule has 11 heavy (non-hydrogen) atoms. The zero-order valence-corrected chi connectivity index (χ0v) is 6.95. The minimum Gasteiger partial charge on any atom is -0.376 e. The van der Waals surface area contributed by atoms with Crippen LogP contribution in [0.1, 0.15) is 6.92 Å². The summed E-state index contributed by atoms with van der Waals surface area (Å²) >= 11 is 0. The van der Waals surface area contributed by atoms with E-state index in [1.807, 2.05) is 0 Å². The number of fused-ring (bicyclic) bond motifs is 1. The minimum atomic E-state index is 0.157. The third-order valence-corrected chi connectivity index (χ3v) is 2.56. The maximum atomic E-state index is 5.54. The molecule has 3 nitrogen and oxygen atoms in total. The fraction of sp³-hybridized carbons (Fsp3) is 1.00. The first-order chi connectivity index (χ1) is 5.33. The molecule has 0 spiro atoms. The van der Waals surface area contributed by atoms with Gasteiger partial charge in [-0.2, -0.15) is 0 Å². The Morgan fingerprint density at radius 3 is 2.64 bits per heavy atom. The lowest BCUT2D eigenvalue weighted by Gasteiger charge is -2.13. The normalized spacial score (nSPS) is 49.6. The van der Waals surface area contributed by atoms with Crippen LogP contribution < -0.4 is 0 Å². The molecule has 4 atom stereocenters. The maximum Gasteiger partial charge on any atom is 0.112 e. The maximum absolute atomic E-state index is 5.54. The fourth-order valence-electron chi connectivity index (χ4n) is 1.86. The van der Waals surface area contributed by atoms with Gasteiger partial charge in [0, 0.05) is 13.0 Å². The molecular formula is C8H14O3. The summed E-state index contributed by atoms with van der Waals surface area (Å²) in [6.07, 6.45) is 0.625. The Kier molecular flexibility index (Phi) is 1.87. The first-order valence-corrected chi connectivity index (χ1v) is 4.09. The second-order valence-electron chi connectivity index (χ2n) is 3.35. The van der Waals surface area contributed by atoms with E-state index in [2.05, 4.69) is 6.92 Å². The van der Waals surface area contributed by atoms with Crippen LogP contribution in [-0.4, -0.2) is 38.6 Å². The monoisotopic (exact) mass is 158 g/mol. The minimum absolute atomic E-state index is 0.157. The van der Waals surface area contributed by atoms with Gasteiger partial charge in [0.2, 0.25) is 0 Å². The number of ether oxygens (including phenoxy) is 3. The van der Waals surface area contributed by atoms with Crippen molar-refractivity contribution in [1.29, 1.82) is 0 Å². The highest BCUT2D eigenvalue weighted by atomic mass is 16.6. The highest BCUT2D eigenvalue weighted by molar-refractivity contribution is 4.92. The molecule has 0 bridgehead atoms. The van der Waals surface area contributed by atoms with E-state index in [1.54, 1.807) is 7.11 Å². The van der Waals surface area contributed by atoms with Crippen LogP contribution in [0.5, 0.6) is 0 Å². The number of hydrogen-bond acceptors (Lipinski definition) is 3. The first-order valence-electron chi connectivity index (χ1n) is 4.09. The molecule has 0 unspecified atom stereocenters. The topological polar surface area (TPSA) is 27.7 Å². The molecule has 2 saturated heterocycles. The van der Waals surface area contributed by atoms with Crippen molar-refractivity contribution in [3.05, 3.63) is 0 Å². The Hall–Kier alpha value is -0.120. The Balaban J connectivity index is 2.04. The quantitative estimate of drug-likeness (QED) is 0.554. The van der Waals surface area contributed by atoms with Gasteiger partial charge in [0.1, 0.15) is 12.2 Å². The summed E-state index contributed by atoms with van der Waals surface area (Å²) in [6, 6.07) is 0. The highest BCUT2D eigenvalue weighted by Gasteiger charge is 2.45. The Morgan fingerprint density at radius 1 is 1.18 bits per heavy atom. The van der Waals surface area contributed by atoms with Gasteiger partial charge in [0.15, 0.2) is 0 Å². The molecule has 0 saturated carbocycles. The third kappa shape index (κ3) is 1.08. The fourth-order valence-corrected chi connectivity index (χ4v) is 1.86. The van der Waals surface area contributed by atoms with E-state index in [0.717, 1.165) is 6.61 Å². The van der Waals surface area contributed by atoms with Crippen molar-refractivity contribution >= 4 is 0 Å². The zero-order chi connectivity index (χ0) is 7.84. The van der Waals surface area contributed by atoms with Crippen molar-refractivity contribution in [3.8, 4) is 0 Å². The van der Waals surface area contributed by atoms with Gasteiger partial charge in [-0.1, -0.05) is 6.92 Å². The van der Waals surface area contributed by atoms with E-state index in [0.29, 0.717) is 12.5 Å². The summed E-state index contributed by atoms with van der Waals surface area (Å²) < 4.78 is 16.3. The van der Waals surface area contributed by atoms with Crippen LogP contribution in [0.4, 0.5) is 0 Å². The summed E-state index contributed by atoms with van der Waals surface area (Å²) in [5, 5.41) is 0. The van der Waals surface area contributed by atoms with E-state index in [1.165, 1.54) is 0 Å². The molecule has 2 aliphatic heterocycles. The lowest BCUT2D eigenvalue weighted by molar-refractivity contribution is -0.00878. The standard InChI is InChI=1S/C8H14O3/c1-5-3-10-8-6(9-2)4-11-7(5)8/h5-8H,3-4H2,1-2H3/t5-,6-,7-,8-/m1/s1. The van der Waals surface area contributed by atoms with Crippen molar-refractivity contribution in [2.75, 3.05) is 20.3 Å². The van der Waals surface area contributed by atoms with E-state index in [9.17, 15) is 0 Å². The molecule has 2 rings (SSSR count). The highest BCUT2D eigenvalue weighted by Crippen LogP contribution is 2.31. The van der Waals surface area contributed by atoms with E-state index in [4.69, 9.17) is 14.2 Å². The lowest BCUT2D eigenvalue weighted by Crippen LogP contribution is -2.29. The van der Waals surface area contributed by atoms with Gasteiger partial charge >= 0.3 is 0 Å². The van der Waals surface area contributed by atoms with Crippen molar-refractivity contribution in [2.24, 2.45) is 5.92 Å². The third-order valence-electron chi connectivity index (χ3n) is 2.56. The van der Waals surface area contributed by atoms with Gasteiger partial charge in [-0.25, -0.2) is 0 Å². The summed E-state index contributed by atoms with van der Waals surface area (Å²) in [4.78, 5) is 0. The van der Waals surface area contributed by atoms with Gasteiger partial charge in [0.25, 0.3) is 0 Å². The molecule has 0 aromatic carbocycles. The van der Waals surface area contributed by atoms with Crippen LogP contribution in [0, 0.1) is 5.92 Å². The van der Waals surface area contributed by atoms with Gasteiger partial charge in [-0.3, -0.25) is 0 Å². The van der Waals surface area contributed by atoms with E-state index >= 15 is 0 Å². The Labute approximate surface area is 66.6 Å². The first kappa shape index (κ1) is 7.53. The molecule has 3 heteroatoms. The Bertz CT molecular complexity index is 148. The summed E-state index contributed by atoms with van der Waals surface area (Å²) in [5.41, 5.74) is 0. The average molecular weight is 158 g/mol. The van der Waals surface area contributed by atoms with Crippen molar-refractivity contribution in [2.45, 2.75) is 25.2 Å². The van der Waals surface area contributed by atoms with Gasteiger partial charge in [0.05, 0.1) is 19.3 Å². The molecule has 0 aromatic rings. The molecule has 64 valence electrons. The van der Waals surface area contributed by atoms with Crippen LogP contribution in [-0.2, 0) is 14.2 Å². The predicted molar refractivity (Wildman–Crippen MR) is 39.4 cm³/mol. The summed E-state index contributed by atoms with van der Waals surface area (Å²) in [5.74, 6) is 0.528. The van der Waals surface area contributed by atoms with Gasteiger partial charge in [-0.05, 0) is 0 Å². The van der Waals surface area contributed by atoms with Crippen LogP contribution in [0.3, 0.4) is 0 Å². The molecular weight excluding hydrogens is 144 g/mol. The van der Waals surface area contributed by atoms with Crippen LogP contribution in [0.15, 0.2) is 0 Å².